The van der Waals surface area contributed by atoms with E-state index in [-0.39, 0.29) is 6.10 Å². The van der Waals surface area contributed by atoms with Gasteiger partial charge >= 0.3 is 7.12 Å². The van der Waals surface area contributed by atoms with Crippen molar-refractivity contribution in [3.63, 3.8) is 0 Å². The van der Waals surface area contributed by atoms with Crippen LogP contribution in [-0.2, 0) is 11.3 Å². The van der Waals surface area contributed by atoms with Crippen LogP contribution in [0.25, 0.3) is 0 Å². The summed E-state index contributed by atoms with van der Waals surface area (Å²) in [5, 5.41) is 18.5. The highest BCUT2D eigenvalue weighted by molar-refractivity contribution is 6.58. The number of methoxy groups -OCH3 is 1. The van der Waals surface area contributed by atoms with Gasteiger partial charge in [0.05, 0.1) is 19.8 Å². The maximum atomic E-state index is 9.24. The largest absolute Gasteiger partial charge is 0.496 e. The van der Waals surface area contributed by atoms with Crippen LogP contribution < -0.4 is 10.2 Å². The van der Waals surface area contributed by atoms with Gasteiger partial charge in [0.1, 0.15) is 5.75 Å². The molecule has 104 valence electrons. The second-order valence-electron chi connectivity index (χ2n) is 4.86. The predicted octanol–water partition coefficient (Wildman–Crippen LogP) is -0.404. The van der Waals surface area contributed by atoms with Crippen LogP contribution in [0.2, 0.25) is 0 Å². The molecular weight excluding hydrogens is 245 g/mol. The molecule has 1 unspecified atom stereocenters. The second-order valence-corrected chi connectivity index (χ2v) is 4.86. The molecule has 0 saturated carbocycles. The van der Waals surface area contributed by atoms with Crippen molar-refractivity contribution < 1.29 is 19.5 Å². The molecule has 0 spiro atoms. The molecule has 0 amide bonds. The van der Waals surface area contributed by atoms with E-state index in [0.717, 1.165) is 37.6 Å². The Balaban J connectivity index is 2.14. The van der Waals surface area contributed by atoms with Gasteiger partial charge in [-0.1, -0.05) is 12.1 Å². The van der Waals surface area contributed by atoms with Crippen molar-refractivity contribution in [1.29, 1.82) is 0 Å². The maximum absolute atomic E-state index is 9.24. The zero-order chi connectivity index (χ0) is 13.8. The normalized spacial score (nSPS) is 20.3. The van der Waals surface area contributed by atoms with Gasteiger partial charge in [-0.2, -0.15) is 0 Å². The summed E-state index contributed by atoms with van der Waals surface area (Å²) < 4.78 is 10.8. The van der Waals surface area contributed by atoms with Crippen molar-refractivity contribution in [3.05, 3.63) is 23.8 Å². The van der Waals surface area contributed by atoms with E-state index in [1.54, 1.807) is 25.3 Å². The molecular formula is C13H20BNO4. The molecule has 0 bridgehead atoms. The number of ether oxygens (including phenoxy) is 2. The lowest BCUT2D eigenvalue weighted by Crippen LogP contribution is -2.40. The lowest BCUT2D eigenvalue weighted by molar-refractivity contribution is -0.0213. The molecule has 2 rings (SSSR count). The molecule has 1 aliphatic heterocycles. The van der Waals surface area contributed by atoms with Gasteiger partial charge in [0.15, 0.2) is 0 Å². The van der Waals surface area contributed by atoms with Crippen LogP contribution in [0.15, 0.2) is 18.2 Å². The van der Waals surface area contributed by atoms with E-state index in [1.807, 2.05) is 0 Å². The van der Waals surface area contributed by atoms with Crippen LogP contribution in [0.4, 0.5) is 0 Å². The highest BCUT2D eigenvalue weighted by Crippen LogP contribution is 2.19. The number of benzene rings is 1. The first kappa shape index (κ1) is 14.3. The zero-order valence-corrected chi connectivity index (χ0v) is 11.4. The van der Waals surface area contributed by atoms with Crippen LogP contribution in [0.3, 0.4) is 0 Å². The van der Waals surface area contributed by atoms with Gasteiger partial charge < -0.3 is 19.5 Å². The third-order valence-electron chi connectivity index (χ3n) is 3.32. The standard InChI is InChI=1S/C13H20BNO4/c1-10-8-15(5-6-19-10)9-11-7-12(14(16)17)3-4-13(11)18-2/h3-4,7,10,16-17H,5-6,8-9H2,1-2H3. The van der Waals surface area contributed by atoms with E-state index in [2.05, 4.69) is 11.8 Å². The Kier molecular flexibility index (Phi) is 4.82. The first-order chi connectivity index (χ1) is 9.10. The van der Waals surface area contributed by atoms with Gasteiger partial charge in [-0.3, -0.25) is 4.90 Å². The van der Waals surface area contributed by atoms with Crippen LogP contribution in [0.5, 0.6) is 5.75 Å². The highest BCUT2D eigenvalue weighted by Gasteiger charge is 2.19. The van der Waals surface area contributed by atoms with E-state index in [9.17, 15) is 10.0 Å². The molecule has 0 radical (unpaired) electrons. The second kappa shape index (κ2) is 6.39. The molecule has 1 aromatic carbocycles. The van der Waals surface area contributed by atoms with Crippen LogP contribution in [0.1, 0.15) is 12.5 Å². The summed E-state index contributed by atoms with van der Waals surface area (Å²) in [5.74, 6) is 0.767. The number of rotatable bonds is 4. The Bertz CT molecular complexity index is 427. The maximum Gasteiger partial charge on any atom is 0.488 e. The van der Waals surface area contributed by atoms with Gasteiger partial charge in [0, 0.05) is 25.2 Å². The monoisotopic (exact) mass is 265 g/mol. The minimum absolute atomic E-state index is 0.228. The smallest absolute Gasteiger partial charge is 0.488 e. The highest BCUT2D eigenvalue weighted by atomic mass is 16.5. The third kappa shape index (κ3) is 3.70. The molecule has 2 N–H and O–H groups in total. The molecule has 1 saturated heterocycles. The van der Waals surface area contributed by atoms with Gasteiger partial charge in [-0.15, -0.1) is 0 Å². The minimum Gasteiger partial charge on any atom is -0.496 e. The molecule has 1 fully saturated rings. The quantitative estimate of drug-likeness (QED) is 0.725. The van der Waals surface area contributed by atoms with Crippen molar-refractivity contribution >= 4 is 12.6 Å². The predicted molar refractivity (Wildman–Crippen MR) is 73.5 cm³/mol. The van der Waals surface area contributed by atoms with E-state index in [4.69, 9.17) is 9.47 Å². The Hall–Kier alpha value is -1.08. The average molecular weight is 265 g/mol. The molecule has 0 aliphatic carbocycles. The molecule has 1 aliphatic rings. The van der Waals surface area contributed by atoms with Gasteiger partial charge in [-0.25, -0.2) is 0 Å². The summed E-state index contributed by atoms with van der Waals surface area (Å²) in [7, 11) is 0.170. The Morgan fingerprint density at radius 3 is 2.89 bits per heavy atom. The van der Waals surface area contributed by atoms with E-state index >= 15 is 0 Å². The number of morpholine rings is 1. The fourth-order valence-corrected chi connectivity index (χ4v) is 2.36. The van der Waals surface area contributed by atoms with E-state index < -0.39 is 7.12 Å². The molecule has 1 aromatic rings. The number of hydrogen-bond acceptors (Lipinski definition) is 5. The van der Waals surface area contributed by atoms with Crippen LogP contribution in [-0.4, -0.2) is 55.0 Å². The van der Waals surface area contributed by atoms with Crippen LogP contribution in [0, 0.1) is 0 Å². The molecule has 19 heavy (non-hydrogen) atoms. The Morgan fingerprint density at radius 2 is 2.26 bits per heavy atom. The summed E-state index contributed by atoms with van der Waals surface area (Å²) in [6.07, 6.45) is 0.228. The fourth-order valence-electron chi connectivity index (χ4n) is 2.36. The first-order valence-electron chi connectivity index (χ1n) is 6.47. The van der Waals surface area contributed by atoms with Gasteiger partial charge in [0.2, 0.25) is 0 Å². The topological polar surface area (TPSA) is 62.2 Å². The molecule has 6 heteroatoms. The molecule has 5 nitrogen and oxygen atoms in total. The average Bonchev–Trinajstić information content (AvgIpc) is 2.38. The van der Waals surface area contributed by atoms with Gasteiger partial charge in [-0.05, 0) is 18.5 Å². The van der Waals surface area contributed by atoms with E-state index in [1.165, 1.54) is 0 Å². The number of hydrogen-bond donors (Lipinski definition) is 2. The van der Waals surface area contributed by atoms with E-state index in [0.29, 0.717) is 5.46 Å². The van der Waals surface area contributed by atoms with Crippen molar-refractivity contribution in [3.8, 4) is 5.75 Å². The zero-order valence-electron chi connectivity index (χ0n) is 11.4. The van der Waals surface area contributed by atoms with Gasteiger partial charge in [0.25, 0.3) is 0 Å². The Labute approximate surface area is 113 Å². The summed E-state index contributed by atoms with van der Waals surface area (Å²) in [6, 6.07) is 5.21. The van der Waals surface area contributed by atoms with Crippen LogP contribution >= 0.6 is 0 Å². The first-order valence-corrected chi connectivity index (χ1v) is 6.47. The van der Waals surface area contributed by atoms with Crippen molar-refractivity contribution in [2.45, 2.75) is 19.6 Å². The Morgan fingerprint density at radius 1 is 1.47 bits per heavy atom. The lowest BCUT2D eigenvalue weighted by Gasteiger charge is -2.31. The molecule has 1 atom stereocenters. The molecule has 1 heterocycles. The summed E-state index contributed by atoms with van der Waals surface area (Å²) in [4.78, 5) is 2.28. The third-order valence-corrected chi connectivity index (χ3v) is 3.32. The van der Waals surface area contributed by atoms with Crippen molar-refractivity contribution in [1.82, 2.24) is 4.90 Å². The fraction of sp³-hybridized carbons (Fsp3) is 0.538. The summed E-state index contributed by atoms with van der Waals surface area (Å²) >= 11 is 0. The van der Waals surface area contributed by atoms with Crippen molar-refractivity contribution in [2.24, 2.45) is 0 Å². The number of nitrogens with zero attached hydrogens (tertiary/aromatic N) is 1. The van der Waals surface area contributed by atoms with Crippen molar-refractivity contribution in [2.75, 3.05) is 26.8 Å². The lowest BCUT2D eigenvalue weighted by atomic mass is 9.79. The minimum atomic E-state index is -1.45. The molecule has 0 aromatic heterocycles. The summed E-state index contributed by atoms with van der Waals surface area (Å²) in [5.41, 5.74) is 1.44. The SMILES string of the molecule is COc1ccc(B(O)O)cc1CN1CCOC(C)C1. The summed E-state index contributed by atoms with van der Waals surface area (Å²) in [6.45, 7) is 5.25.